The van der Waals surface area contributed by atoms with Gasteiger partial charge >= 0.3 is 5.97 Å². The van der Waals surface area contributed by atoms with Gasteiger partial charge in [0.1, 0.15) is 5.82 Å². The molecule has 1 amide bonds. The minimum absolute atomic E-state index is 0.00253. The second-order valence-corrected chi connectivity index (χ2v) is 13.5. The molecule has 0 spiro atoms. The van der Waals surface area contributed by atoms with E-state index in [4.69, 9.17) is 54.1 Å². The predicted molar refractivity (Wildman–Crippen MR) is 235 cm³/mol. The van der Waals surface area contributed by atoms with Crippen molar-refractivity contribution in [3.63, 3.8) is 0 Å². The molecule has 65 heavy (non-hydrogen) atoms. The average Bonchev–Trinajstić information content (AvgIpc) is 3.28. The minimum atomic E-state index is -1.09. The summed E-state index contributed by atoms with van der Waals surface area (Å²) in [5.74, 6) is -4.16. The lowest BCUT2D eigenvalue weighted by atomic mass is 10.2. The Morgan fingerprint density at radius 1 is 0.646 bits per heavy atom. The number of rotatable bonds is 39. The van der Waals surface area contributed by atoms with Crippen molar-refractivity contribution in [3.8, 4) is 5.75 Å². The molecule has 0 heterocycles. The zero-order valence-electron chi connectivity index (χ0n) is 37.3. The van der Waals surface area contributed by atoms with Crippen LogP contribution in [0.4, 0.5) is 13.2 Å². The third kappa shape index (κ3) is 31.1. The van der Waals surface area contributed by atoms with Gasteiger partial charge in [0.25, 0.3) is 0 Å². The second kappa shape index (κ2) is 38.7. The van der Waals surface area contributed by atoms with Crippen LogP contribution in [0.1, 0.15) is 43.7 Å². The van der Waals surface area contributed by atoms with Crippen molar-refractivity contribution in [1.29, 1.82) is 0 Å². The van der Waals surface area contributed by atoms with Gasteiger partial charge in [-0.25, -0.2) is 18.6 Å². The van der Waals surface area contributed by atoms with Gasteiger partial charge in [-0.05, 0) is 41.8 Å². The summed E-state index contributed by atoms with van der Waals surface area (Å²) in [5, 5.41) is 5.45. The molecule has 0 unspecified atom stereocenters. The van der Waals surface area contributed by atoms with Crippen LogP contribution in [-0.2, 0) is 60.6 Å². The van der Waals surface area contributed by atoms with E-state index in [0.717, 1.165) is 30.5 Å². The first-order chi connectivity index (χ1) is 31.7. The van der Waals surface area contributed by atoms with E-state index in [-0.39, 0.29) is 89.5 Å². The van der Waals surface area contributed by atoms with Crippen LogP contribution in [0.15, 0.2) is 46.4 Å². The first-order valence-electron chi connectivity index (χ1n) is 21.6. The van der Waals surface area contributed by atoms with Gasteiger partial charge in [-0.1, -0.05) is 25.5 Å². The Kier molecular flexibility index (Phi) is 33.7. The molecule has 0 aromatic heterocycles. The number of benzene rings is 2. The maximum atomic E-state index is 14.6. The van der Waals surface area contributed by atoms with Crippen LogP contribution >= 0.6 is 0 Å². The first kappa shape index (κ1) is 56.6. The Hall–Kier alpha value is -4.53. The summed E-state index contributed by atoms with van der Waals surface area (Å²) in [4.78, 5) is 33.1. The van der Waals surface area contributed by atoms with Crippen LogP contribution in [0, 0.1) is 17.5 Å². The number of unbranched alkanes of at least 4 members (excludes halogenated alkanes) is 1. The number of carbonyl (C=O) groups excluding carboxylic acids is 2. The molecule has 0 aliphatic heterocycles. The van der Waals surface area contributed by atoms with Gasteiger partial charge in [0.15, 0.2) is 17.6 Å². The zero-order chi connectivity index (χ0) is 47.0. The standard InChI is InChI=1S/C42H68F3N9O11/c1-2-3-10-49-42(53-54-51-32-33-5-4-6-35(43)28-33)52-41(47)48-11-15-60-19-16-57-12-7-38(55)50-31-34-29-36(44)40(37(45)30-34)65-39(56)8-13-58-17-20-61-22-24-63-26-27-64-25-23-62-21-18-59-14-9-46/h4-6,28-30,51,54H,2-3,7-27,31-32,46H2,1H3,(H,50,55)(H4,47,48,49,52,53). The van der Waals surface area contributed by atoms with E-state index in [1.165, 1.54) is 12.1 Å². The van der Waals surface area contributed by atoms with Gasteiger partial charge in [0.05, 0.1) is 119 Å². The number of hydrogen-bond donors (Lipinski definition) is 7. The number of hydrogen-bond acceptors (Lipinski definition) is 16. The zero-order valence-corrected chi connectivity index (χ0v) is 37.3. The van der Waals surface area contributed by atoms with E-state index in [0.29, 0.717) is 85.1 Å². The second-order valence-electron chi connectivity index (χ2n) is 13.5. The molecule has 9 N–H and O–H groups in total. The van der Waals surface area contributed by atoms with Crippen molar-refractivity contribution >= 4 is 23.8 Å². The largest absolute Gasteiger partial charge is 0.420 e. The van der Waals surface area contributed by atoms with Crippen LogP contribution in [-0.4, -0.2) is 149 Å². The Morgan fingerprint density at radius 2 is 1.20 bits per heavy atom. The lowest BCUT2D eigenvalue weighted by Crippen LogP contribution is -2.54. The highest BCUT2D eigenvalue weighted by atomic mass is 19.1. The number of aliphatic imine (C=N–C) groups is 2. The van der Waals surface area contributed by atoms with Gasteiger partial charge in [-0.2, -0.15) is 5.53 Å². The summed E-state index contributed by atoms with van der Waals surface area (Å²) in [6, 6.07) is 8.17. The number of nitrogens with two attached hydrogens (primary N) is 2. The van der Waals surface area contributed by atoms with Crippen LogP contribution in [0.2, 0.25) is 0 Å². The molecule has 0 aliphatic carbocycles. The summed E-state index contributed by atoms with van der Waals surface area (Å²) in [6.07, 6.45) is 1.60. The fraction of sp³-hybridized carbons (Fsp3) is 0.619. The molecular formula is C42H68F3N9O11. The molecule has 2 aromatic carbocycles. The van der Waals surface area contributed by atoms with Crippen molar-refractivity contribution in [2.24, 2.45) is 21.5 Å². The van der Waals surface area contributed by atoms with E-state index >= 15 is 0 Å². The summed E-state index contributed by atoms with van der Waals surface area (Å²) < 4.78 is 90.5. The van der Waals surface area contributed by atoms with Crippen LogP contribution in [0.5, 0.6) is 5.75 Å². The molecule has 0 radical (unpaired) electrons. The molecular weight excluding hydrogens is 864 g/mol. The van der Waals surface area contributed by atoms with Crippen molar-refractivity contribution < 1.29 is 65.4 Å². The number of hydrazine groups is 2. The van der Waals surface area contributed by atoms with Crippen LogP contribution < -0.4 is 43.2 Å². The number of esters is 1. The molecule has 0 bridgehead atoms. The normalized spacial score (nSPS) is 11.8. The molecule has 2 aromatic rings. The topological polar surface area (TPSA) is 254 Å². The van der Waals surface area contributed by atoms with Crippen molar-refractivity contribution in [1.82, 2.24) is 27.0 Å². The summed E-state index contributed by atoms with van der Waals surface area (Å²) in [6.45, 7) is 8.73. The smallest absolute Gasteiger partial charge is 0.313 e. The fourth-order valence-electron chi connectivity index (χ4n) is 4.94. The number of carbonyl (C=O) groups is 2. The number of halogens is 3. The van der Waals surface area contributed by atoms with E-state index in [2.05, 4.69) is 43.9 Å². The molecule has 0 saturated heterocycles. The Morgan fingerprint density at radius 3 is 1.77 bits per heavy atom. The summed E-state index contributed by atoms with van der Waals surface area (Å²) in [7, 11) is 0. The predicted octanol–water partition coefficient (Wildman–Crippen LogP) is 1.36. The van der Waals surface area contributed by atoms with E-state index < -0.39 is 29.3 Å². The van der Waals surface area contributed by atoms with Gasteiger partial charge in [0.2, 0.25) is 17.6 Å². The SMILES string of the molecule is CCCCN=C(NNNCc1cccc(F)c1)NC(N)=NCCOCCOCCC(=O)NCc1cc(F)c(OC(=O)CCOCCOCCOCCOCCOCCOCCN)c(F)c1. The number of nitrogens with zero attached hydrogens (tertiary/aromatic N) is 2. The molecule has 0 aliphatic rings. The summed E-state index contributed by atoms with van der Waals surface area (Å²) >= 11 is 0. The molecule has 368 valence electrons. The average molecular weight is 932 g/mol. The lowest BCUT2D eigenvalue weighted by molar-refractivity contribution is -0.136. The van der Waals surface area contributed by atoms with Crippen molar-refractivity contribution in [2.45, 2.75) is 45.7 Å². The maximum Gasteiger partial charge on any atom is 0.313 e. The molecule has 0 fully saturated rings. The third-order valence-corrected chi connectivity index (χ3v) is 8.18. The number of guanidine groups is 2. The number of amides is 1. The lowest BCUT2D eigenvalue weighted by Gasteiger charge is -2.14. The van der Waals surface area contributed by atoms with E-state index in [9.17, 15) is 22.8 Å². The first-order valence-corrected chi connectivity index (χ1v) is 21.6. The number of nitrogens with one attached hydrogen (secondary N) is 5. The monoisotopic (exact) mass is 931 g/mol. The Bertz CT molecular complexity index is 1610. The highest BCUT2D eigenvalue weighted by Gasteiger charge is 2.17. The van der Waals surface area contributed by atoms with Gasteiger partial charge in [-0.3, -0.25) is 30.3 Å². The Labute approximate surface area is 378 Å². The molecule has 20 nitrogen and oxygen atoms in total. The van der Waals surface area contributed by atoms with Crippen LogP contribution in [0.25, 0.3) is 0 Å². The molecule has 0 saturated carbocycles. The summed E-state index contributed by atoms with van der Waals surface area (Å²) in [5.41, 5.74) is 20.8. The van der Waals surface area contributed by atoms with E-state index in [1.807, 2.05) is 0 Å². The number of ether oxygens (including phenoxy) is 9. The molecule has 2 rings (SSSR count). The minimum Gasteiger partial charge on any atom is -0.420 e. The van der Waals surface area contributed by atoms with Gasteiger partial charge in [0, 0.05) is 32.6 Å². The van der Waals surface area contributed by atoms with Gasteiger partial charge in [-0.15, -0.1) is 0 Å². The van der Waals surface area contributed by atoms with Gasteiger partial charge < -0.3 is 59.4 Å². The highest BCUT2D eigenvalue weighted by Crippen LogP contribution is 2.24. The molecule has 0 atom stereocenters. The van der Waals surface area contributed by atoms with Crippen LogP contribution in [0.3, 0.4) is 0 Å². The highest BCUT2D eigenvalue weighted by molar-refractivity contribution is 5.97. The molecule has 23 heteroatoms. The Balaban J connectivity index is 1.48. The fourth-order valence-corrected chi connectivity index (χ4v) is 4.94. The quantitative estimate of drug-likeness (QED) is 0.0125. The van der Waals surface area contributed by atoms with E-state index in [1.54, 1.807) is 12.1 Å². The van der Waals surface area contributed by atoms with Crippen molar-refractivity contribution in [2.75, 3.05) is 125 Å². The third-order valence-electron chi connectivity index (χ3n) is 8.18. The maximum absolute atomic E-state index is 14.6. The van der Waals surface area contributed by atoms with Crippen molar-refractivity contribution in [3.05, 3.63) is 65.0 Å².